The van der Waals surface area contributed by atoms with Gasteiger partial charge in [-0.05, 0) is 19.1 Å². The average Bonchev–Trinajstić information content (AvgIpc) is 2.65. The molecule has 1 aromatic heterocycles. The highest BCUT2D eigenvalue weighted by molar-refractivity contribution is 5.99. The van der Waals surface area contributed by atoms with Crippen molar-refractivity contribution in [1.82, 2.24) is 14.9 Å². The predicted octanol–water partition coefficient (Wildman–Crippen LogP) is -0.259. The Hall–Kier alpha value is -3.67. The van der Waals surface area contributed by atoms with Gasteiger partial charge in [0.1, 0.15) is 12.6 Å². The summed E-state index contributed by atoms with van der Waals surface area (Å²) in [5, 5.41) is 9.24. The van der Waals surface area contributed by atoms with E-state index in [0.717, 1.165) is 0 Å². The van der Waals surface area contributed by atoms with Crippen molar-refractivity contribution in [3.05, 3.63) is 62.4 Å². The number of nitriles is 1. The Bertz CT molecular complexity index is 1050. The molecule has 0 aliphatic carbocycles. The Morgan fingerprint density at radius 1 is 1.30 bits per heavy atom. The van der Waals surface area contributed by atoms with Gasteiger partial charge in [-0.1, -0.05) is 12.1 Å². The van der Waals surface area contributed by atoms with Crippen LogP contribution in [0, 0.1) is 11.3 Å². The SMILES string of the molecule is C[C@H]1CN(c2ccccc2C#N)C(=O)CN1C(=O)Cc1c[nH]c(=O)[nH]c1=O. The Morgan fingerprint density at radius 3 is 2.74 bits per heavy atom. The molecule has 2 amide bonds. The molecule has 9 heteroatoms. The number of benzene rings is 1. The van der Waals surface area contributed by atoms with Crippen molar-refractivity contribution in [2.75, 3.05) is 18.0 Å². The van der Waals surface area contributed by atoms with Gasteiger partial charge in [0.25, 0.3) is 5.56 Å². The molecule has 0 radical (unpaired) electrons. The fourth-order valence-electron chi connectivity index (χ4n) is 3.06. The van der Waals surface area contributed by atoms with Crippen LogP contribution in [0.15, 0.2) is 40.1 Å². The second-order valence-electron chi connectivity index (χ2n) is 6.28. The van der Waals surface area contributed by atoms with Crippen LogP contribution in [0.2, 0.25) is 0 Å². The minimum absolute atomic E-state index is 0.122. The molecule has 2 aromatic rings. The van der Waals surface area contributed by atoms with E-state index >= 15 is 0 Å². The zero-order valence-corrected chi connectivity index (χ0v) is 14.6. The van der Waals surface area contributed by atoms with Gasteiger partial charge in [-0.3, -0.25) is 19.4 Å². The molecule has 1 aliphatic rings. The molecule has 138 valence electrons. The van der Waals surface area contributed by atoms with Gasteiger partial charge in [0, 0.05) is 24.3 Å². The van der Waals surface area contributed by atoms with E-state index in [2.05, 4.69) is 16.0 Å². The fraction of sp³-hybridized carbons (Fsp3) is 0.278. The number of aromatic amines is 2. The maximum absolute atomic E-state index is 12.6. The lowest BCUT2D eigenvalue weighted by molar-refractivity contribution is -0.138. The normalized spacial score (nSPS) is 16.9. The van der Waals surface area contributed by atoms with Crippen molar-refractivity contribution in [1.29, 1.82) is 5.26 Å². The van der Waals surface area contributed by atoms with Crippen LogP contribution in [0.25, 0.3) is 0 Å². The maximum atomic E-state index is 12.6. The van der Waals surface area contributed by atoms with Gasteiger partial charge < -0.3 is 14.8 Å². The Morgan fingerprint density at radius 2 is 2.04 bits per heavy atom. The number of hydrogen-bond acceptors (Lipinski definition) is 5. The maximum Gasteiger partial charge on any atom is 0.325 e. The van der Waals surface area contributed by atoms with E-state index in [1.54, 1.807) is 31.2 Å². The summed E-state index contributed by atoms with van der Waals surface area (Å²) in [5.74, 6) is -0.693. The summed E-state index contributed by atoms with van der Waals surface area (Å²) < 4.78 is 0. The number of piperazine rings is 1. The first-order valence-corrected chi connectivity index (χ1v) is 8.30. The van der Waals surface area contributed by atoms with Crippen LogP contribution in [-0.2, 0) is 16.0 Å². The van der Waals surface area contributed by atoms with Crippen LogP contribution in [0.4, 0.5) is 5.69 Å². The Balaban J connectivity index is 1.78. The minimum atomic E-state index is -0.649. The lowest BCUT2D eigenvalue weighted by Crippen LogP contribution is -2.57. The quantitative estimate of drug-likeness (QED) is 0.772. The number of nitrogens with one attached hydrogen (secondary N) is 2. The zero-order valence-electron chi connectivity index (χ0n) is 14.6. The van der Waals surface area contributed by atoms with E-state index in [0.29, 0.717) is 11.3 Å². The van der Waals surface area contributed by atoms with E-state index in [9.17, 15) is 24.4 Å². The molecule has 0 saturated carbocycles. The van der Waals surface area contributed by atoms with Crippen LogP contribution >= 0.6 is 0 Å². The predicted molar refractivity (Wildman–Crippen MR) is 96.1 cm³/mol. The number of H-pyrrole nitrogens is 2. The molecule has 0 unspecified atom stereocenters. The number of hydrogen-bond donors (Lipinski definition) is 2. The third kappa shape index (κ3) is 3.64. The number of nitrogens with zero attached hydrogens (tertiary/aromatic N) is 3. The minimum Gasteiger partial charge on any atom is -0.329 e. The summed E-state index contributed by atoms with van der Waals surface area (Å²) in [7, 11) is 0. The first-order valence-electron chi connectivity index (χ1n) is 8.30. The first kappa shape index (κ1) is 18.1. The fourth-order valence-corrected chi connectivity index (χ4v) is 3.06. The van der Waals surface area contributed by atoms with Gasteiger partial charge in [0.2, 0.25) is 11.8 Å². The van der Waals surface area contributed by atoms with Gasteiger partial charge in [-0.25, -0.2) is 4.79 Å². The van der Waals surface area contributed by atoms with Crippen LogP contribution in [-0.4, -0.2) is 45.8 Å². The van der Waals surface area contributed by atoms with Gasteiger partial charge in [-0.2, -0.15) is 5.26 Å². The van der Waals surface area contributed by atoms with E-state index in [1.807, 2.05) is 0 Å². The lowest BCUT2D eigenvalue weighted by atomic mass is 10.1. The molecular formula is C18H17N5O4. The largest absolute Gasteiger partial charge is 0.329 e. The van der Waals surface area contributed by atoms with Crippen LogP contribution in [0.3, 0.4) is 0 Å². The highest BCUT2D eigenvalue weighted by atomic mass is 16.2. The highest BCUT2D eigenvalue weighted by Gasteiger charge is 2.34. The number of carbonyl (C=O) groups excluding carboxylic acids is 2. The molecule has 1 atom stereocenters. The van der Waals surface area contributed by atoms with Crippen molar-refractivity contribution < 1.29 is 9.59 Å². The first-order chi connectivity index (χ1) is 12.9. The molecule has 2 N–H and O–H groups in total. The number of rotatable bonds is 3. The Kier molecular flexibility index (Phi) is 4.90. The summed E-state index contributed by atoms with van der Waals surface area (Å²) in [4.78, 5) is 55.3. The molecule has 1 aromatic carbocycles. The molecule has 2 heterocycles. The third-order valence-electron chi connectivity index (χ3n) is 4.46. The summed E-state index contributed by atoms with van der Waals surface area (Å²) >= 11 is 0. The van der Waals surface area contributed by atoms with Crippen molar-refractivity contribution in [2.24, 2.45) is 0 Å². The monoisotopic (exact) mass is 367 g/mol. The summed E-state index contributed by atoms with van der Waals surface area (Å²) in [6.07, 6.45) is 0.976. The molecule has 9 nitrogen and oxygen atoms in total. The van der Waals surface area contributed by atoms with Gasteiger partial charge in [0.05, 0.1) is 17.7 Å². The molecule has 1 fully saturated rings. The molecule has 27 heavy (non-hydrogen) atoms. The molecule has 0 bridgehead atoms. The Labute approximate surface area is 153 Å². The number of amides is 2. The average molecular weight is 367 g/mol. The van der Waals surface area contributed by atoms with Crippen LogP contribution in [0.5, 0.6) is 0 Å². The molecular weight excluding hydrogens is 350 g/mol. The molecule has 1 saturated heterocycles. The van der Waals surface area contributed by atoms with E-state index in [4.69, 9.17) is 0 Å². The topological polar surface area (TPSA) is 130 Å². The standard InChI is InChI=1S/C18H17N5O4/c1-11-9-23(14-5-3-2-4-12(14)7-19)16(25)10-22(11)15(24)6-13-8-20-18(27)21-17(13)26/h2-5,8,11H,6,9-10H2,1H3,(H2,20,21,26,27)/t11-/m0/s1. The number of carbonyl (C=O) groups is 2. The van der Waals surface area contributed by atoms with E-state index in [1.165, 1.54) is 16.0 Å². The summed E-state index contributed by atoms with van der Waals surface area (Å²) in [6.45, 7) is 1.88. The van der Waals surface area contributed by atoms with E-state index in [-0.39, 0.29) is 42.9 Å². The van der Waals surface area contributed by atoms with Crippen molar-refractivity contribution in [3.8, 4) is 6.07 Å². The van der Waals surface area contributed by atoms with Crippen molar-refractivity contribution in [3.63, 3.8) is 0 Å². The van der Waals surface area contributed by atoms with Crippen molar-refractivity contribution in [2.45, 2.75) is 19.4 Å². The second kappa shape index (κ2) is 7.29. The highest BCUT2D eigenvalue weighted by Crippen LogP contribution is 2.24. The lowest BCUT2D eigenvalue weighted by Gasteiger charge is -2.39. The van der Waals surface area contributed by atoms with Gasteiger partial charge in [0.15, 0.2) is 0 Å². The number of anilines is 1. The molecule has 0 spiro atoms. The van der Waals surface area contributed by atoms with Gasteiger partial charge >= 0.3 is 5.69 Å². The number of para-hydroxylation sites is 1. The molecule has 3 rings (SSSR count). The van der Waals surface area contributed by atoms with E-state index < -0.39 is 11.2 Å². The zero-order chi connectivity index (χ0) is 19.6. The van der Waals surface area contributed by atoms with Crippen LogP contribution < -0.4 is 16.1 Å². The van der Waals surface area contributed by atoms with Crippen LogP contribution in [0.1, 0.15) is 18.1 Å². The number of aromatic nitrogens is 2. The second-order valence-corrected chi connectivity index (χ2v) is 6.28. The smallest absolute Gasteiger partial charge is 0.325 e. The molecule has 1 aliphatic heterocycles. The summed E-state index contributed by atoms with van der Waals surface area (Å²) in [6, 6.07) is 8.55. The van der Waals surface area contributed by atoms with Crippen molar-refractivity contribution >= 4 is 17.5 Å². The third-order valence-corrected chi connectivity index (χ3v) is 4.46. The summed E-state index contributed by atoms with van der Waals surface area (Å²) in [5.41, 5.74) is -0.257. The van der Waals surface area contributed by atoms with Gasteiger partial charge in [-0.15, -0.1) is 0 Å².